The first-order valence-electron chi connectivity index (χ1n) is 8.21. The van der Waals surface area contributed by atoms with Crippen molar-refractivity contribution in [2.75, 3.05) is 14.2 Å². The normalized spacial score (nSPS) is 11.7. The number of hydrogen-bond donors (Lipinski definition) is 1. The maximum Gasteiger partial charge on any atom is 0.252 e. The highest BCUT2D eigenvalue weighted by Crippen LogP contribution is 2.35. The molecule has 0 aliphatic rings. The number of nitrogens with zero attached hydrogens (tertiary/aromatic N) is 3. The standard InChI is InChI=1S/C19H19BrN4O3/c1-12(13-4-6-15(7-5-13)24-11-21-10-22-24)23-19(25)14-8-16(26-2)18(20)17(9-14)27-3/h4-12H,1-3H3,(H,23,25)/t12-/m1/s1. The van der Waals surface area contributed by atoms with Crippen LogP contribution in [-0.4, -0.2) is 34.9 Å². The van der Waals surface area contributed by atoms with Gasteiger partial charge < -0.3 is 14.8 Å². The molecule has 140 valence electrons. The van der Waals surface area contributed by atoms with Crippen molar-refractivity contribution < 1.29 is 14.3 Å². The Kier molecular flexibility index (Phi) is 5.75. The molecule has 1 N–H and O–H groups in total. The van der Waals surface area contributed by atoms with Crippen molar-refractivity contribution in [1.82, 2.24) is 20.1 Å². The molecule has 0 aliphatic heterocycles. The summed E-state index contributed by atoms with van der Waals surface area (Å²) in [6.45, 7) is 1.93. The molecular weight excluding hydrogens is 412 g/mol. The van der Waals surface area contributed by atoms with Crippen molar-refractivity contribution in [3.05, 3.63) is 64.7 Å². The summed E-state index contributed by atoms with van der Waals surface area (Å²) in [5, 5.41) is 7.09. The summed E-state index contributed by atoms with van der Waals surface area (Å²) in [5.74, 6) is 0.848. The maximum atomic E-state index is 12.7. The Labute approximate surface area is 165 Å². The Morgan fingerprint density at radius 2 is 1.78 bits per heavy atom. The molecule has 0 radical (unpaired) electrons. The van der Waals surface area contributed by atoms with Gasteiger partial charge >= 0.3 is 0 Å². The number of halogens is 1. The van der Waals surface area contributed by atoms with Gasteiger partial charge in [0.25, 0.3) is 5.91 Å². The van der Waals surface area contributed by atoms with Gasteiger partial charge in [0.1, 0.15) is 28.6 Å². The Morgan fingerprint density at radius 1 is 1.15 bits per heavy atom. The lowest BCUT2D eigenvalue weighted by Crippen LogP contribution is -2.26. The zero-order chi connectivity index (χ0) is 19.4. The van der Waals surface area contributed by atoms with Gasteiger partial charge in [-0.25, -0.2) is 9.67 Å². The van der Waals surface area contributed by atoms with Gasteiger partial charge in [-0.1, -0.05) is 12.1 Å². The van der Waals surface area contributed by atoms with Crippen LogP contribution in [0.15, 0.2) is 53.5 Å². The zero-order valence-electron chi connectivity index (χ0n) is 15.1. The summed E-state index contributed by atoms with van der Waals surface area (Å²) >= 11 is 3.40. The van der Waals surface area contributed by atoms with E-state index in [0.717, 1.165) is 11.3 Å². The SMILES string of the molecule is COc1cc(C(=O)N[C@H](C)c2ccc(-n3cncn3)cc2)cc(OC)c1Br. The molecule has 1 amide bonds. The van der Waals surface area contributed by atoms with Crippen LogP contribution in [0.25, 0.3) is 5.69 Å². The Bertz CT molecular complexity index is 902. The molecule has 27 heavy (non-hydrogen) atoms. The van der Waals surface area contributed by atoms with E-state index >= 15 is 0 Å². The van der Waals surface area contributed by atoms with Crippen molar-refractivity contribution in [2.45, 2.75) is 13.0 Å². The lowest BCUT2D eigenvalue weighted by molar-refractivity contribution is 0.0939. The van der Waals surface area contributed by atoms with E-state index in [0.29, 0.717) is 21.5 Å². The first-order valence-corrected chi connectivity index (χ1v) is 9.00. The predicted octanol–water partition coefficient (Wildman–Crippen LogP) is 3.54. The highest BCUT2D eigenvalue weighted by atomic mass is 79.9. The number of aromatic nitrogens is 3. The van der Waals surface area contributed by atoms with Crippen LogP contribution < -0.4 is 14.8 Å². The molecule has 8 heteroatoms. The van der Waals surface area contributed by atoms with Crippen molar-refractivity contribution >= 4 is 21.8 Å². The lowest BCUT2D eigenvalue weighted by atomic mass is 10.1. The van der Waals surface area contributed by atoms with Crippen LogP contribution in [0.2, 0.25) is 0 Å². The molecule has 0 unspecified atom stereocenters. The highest BCUT2D eigenvalue weighted by Gasteiger charge is 2.17. The van der Waals surface area contributed by atoms with Gasteiger partial charge in [0, 0.05) is 5.56 Å². The molecule has 0 saturated carbocycles. The minimum atomic E-state index is -0.216. The quantitative estimate of drug-likeness (QED) is 0.646. The van der Waals surface area contributed by atoms with E-state index in [1.54, 1.807) is 37.4 Å². The average Bonchev–Trinajstić information content (AvgIpc) is 3.23. The van der Waals surface area contributed by atoms with E-state index in [9.17, 15) is 4.79 Å². The Hall–Kier alpha value is -2.87. The summed E-state index contributed by atoms with van der Waals surface area (Å²) in [6.07, 6.45) is 3.12. The number of rotatable bonds is 6. The lowest BCUT2D eigenvalue weighted by Gasteiger charge is -2.16. The number of methoxy groups -OCH3 is 2. The summed E-state index contributed by atoms with van der Waals surface area (Å²) in [6, 6.07) is 10.9. The molecule has 1 atom stereocenters. The molecule has 1 heterocycles. The molecule has 7 nitrogen and oxygen atoms in total. The first-order chi connectivity index (χ1) is 13.0. The van der Waals surface area contributed by atoms with Crippen LogP contribution in [0.5, 0.6) is 11.5 Å². The Morgan fingerprint density at radius 3 is 2.30 bits per heavy atom. The van der Waals surface area contributed by atoms with Gasteiger partial charge in [-0.3, -0.25) is 4.79 Å². The van der Waals surface area contributed by atoms with Crippen LogP contribution in [0, 0.1) is 0 Å². The van der Waals surface area contributed by atoms with Gasteiger partial charge in [0.15, 0.2) is 0 Å². The molecule has 2 aromatic carbocycles. The molecule has 0 fully saturated rings. The largest absolute Gasteiger partial charge is 0.495 e. The van der Waals surface area contributed by atoms with E-state index in [1.165, 1.54) is 6.33 Å². The van der Waals surface area contributed by atoms with Gasteiger partial charge in [0.05, 0.1) is 25.9 Å². The molecule has 3 rings (SSSR count). The molecule has 0 spiro atoms. The second-order valence-corrected chi connectivity index (χ2v) is 6.61. The van der Waals surface area contributed by atoms with E-state index < -0.39 is 0 Å². The summed E-state index contributed by atoms with van der Waals surface area (Å²) < 4.78 is 12.9. The molecule has 0 bridgehead atoms. The van der Waals surface area contributed by atoms with Crippen LogP contribution in [0.4, 0.5) is 0 Å². The van der Waals surface area contributed by atoms with Crippen molar-refractivity contribution in [1.29, 1.82) is 0 Å². The number of hydrogen-bond acceptors (Lipinski definition) is 5. The molecule has 0 saturated heterocycles. The van der Waals surface area contributed by atoms with Gasteiger partial charge in [0.2, 0.25) is 0 Å². The third kappa shape index (κ3) is 4.11. The van der Waals surface area contributed by atoms with Crippen LogP contribution in [-0.2, 0) is 0 Å². The van der Waals surface area contributed by atoms with Crippen molar-refractivity contribution in [3.8, 4) is 17.2 Å². The summed E-state index contributed by atoms with van der Waals surface area (Å²) in [7, 11) is 3.08. The summed E-state index contributed by atoms with van der Waals surface area (Å²) in [5.41, 5.74) is 2.33. The monoisotopic (exact) mass is 430 g/mol. The number of benzene rings is 2. The molecule has 1 aromatic heterocycles. The van der Waals surface area contributed by atoms with Crippen molar-refractivity contribution in [3.63, 3.8) is 0 Å². The number of nitrogens with one attached hydrogen (secondary N) is 1. The third-order valence-electron chi connectivity index (χ3n) is 4.13. The van der Waals surface area contributed by atoms with E-state index in [2.05, 4.69) is 31.3 Å². The van der Waals surface area contributed by atoms with E-state index in [-0.39, 0.29) is 11.9 Å². The number of amides is 1. The summed E-state index contributed by atoms with van der Waals surface area (Å²) in [4.78, 5) is 16.6. The first kappa shape index (κ1) is 18.9. The van der Waals surface area contributed by atoms with Gasteiger partial charge in [-0.05, 0) is 52.7 Å². The molecule has 0 aliphatic carbocycles. The average molecular weight is 431 g/mol. The Balaban J connectivity index is 1.76. The third-order valence-corrected chi connectivity index (χ3v) is 4.91. The molecule has 3 aromatic rings. The second-order valence-electron chi connectivity index (χ2n) is 5.82. The fraction of sp³-hybridized carbons (Fsp3) is 0.211. The highest BCUT2D eigenvalue weighted by molar-refractivity contribution is 9.10. The fourth-order valence-electron chi connectivity index (χ4n) is 2.62. The van der Waals surface area contributed by atoms with Gasteiger partial charge in [-0.2, -0.15) is 5.10 Å². The maximum absolute atomic E-state index is 12.7. The number of ether oxygens (including phenoxy) is 2. The zero-order valence-corrected chi connectivity index (χ0v) is 16.7. The van der Waals surface area contributed by atoms with E-state index in [1.807, 2.05) is 31.2 Å². The predicted molar refractivity (Wildman–Crippen MR) is 104 cm³/mol. The minimum absolute atomic E-state index is 0.178. The van der Waals surface area contributed by atoms with E-state index in [4.69, 9.17) is 9.47 Å². The fourth-order valence-corrected chi connectivity index (χ4v) is 3.17. The number of carbonyl (C=O) groups is 1. The topological polar surface area (TPSA) is 78.3 Å². The van der Waals surface area contributed by atoms with Crippen molar-refractivity contribution in [2.24, 2.45) is 0 Å². The molecular formula is C19H19BrN4O3. The minimum Gasteiger partial charge on any atom is -0.495 e. The van der Waals surface area contributed by atoms with Gasteiger partial charge in [-0.15, -0.1) is 0 Å². The number of carbonyl (C=O) groups excluding carboxylic acids is 1. The van der Waals surface area contributed by atoms with Crippen LogP contribution >= 0.6 is 15.9 Å². The second kappa shape index (κ2) is 8.22. The van der Waals surface area contributed by atoms with Crippen LogP contribution in [0.1, 0.15) is 28.9 Å². The smallest absolute Gasteiger partial charge is 0.252 e. The van der Waals surface area contributed by atoms with Crippen LogP contribution in [0.3, 0.4) is 0 Å².